The third-order valence-electron chi connectivity index (χ3n) is 7.18. The van der Waals surface area contributed by atoms with E-state index in [-0.39, 0.29) is 11.5 Å². The number of carbonyl (C=O) groups excluding carboxylic acids is 3. The second-order valence-electron chi connectivity index (χ2n) is 9.94. The van der Waals surface area contributed by atoms with Crippen LogP contribution in [0.5, 0.6) is 0 Å². The van der Waals surface area contributed by atoms with Crippen LogP contribution in [0.3, 0.4) is 0 Å². The van der Waals surface area contributed by atoms with Gasteiger partial charge in [-0.25, -0.2) is 4.79 Å². The van der Waals surface area contributed by atoms with Crippen LogP contribution in [0, 0.1) is 11.3 Å². The normalized spacial score (nSPS) is 37.8. The number of epoxide rings is 1. The van der Waals surface area contributed by atoms with E-state index < -0.39 is 42.2 Å². The summed E-state index contributed by atoms with van der Waals surface area (Å²) in [5.74, 6) is -1.15. The smallest absolute Gasteiger partial charge is 0.341 e. The van der Waals surface area contributed by atoms with E-state index in [4.69, 9.17) is 23.7 Å². The van der Waals surface area contributed by atoms with Gasteiger partial charge in [-0.15, -0.1) is 0 Å². The van der Waals surface area contributed by atoms with Gasteiger partial charge in [-0.2, -0.15) is 0 Å². The quantitative estimate of drug-likeness (QED) is 0.264. The zero-order chi connectivity index (χ0) is 23.3. The number of carbonyl (C=O) groups is 3. The van der Waals surface area contributed by atoms with Gasteiger partial charge in [0.15, 0.2) is 5.60 Å². The molecule has 32 heavy (non-hydrogen) atoms. The Hall–Kier alpha value is -2.19. The molecule has 8 heteroatoms. The molecule has 0 aromatic carbocycles. The SMILES string of the molecule is C=C1CCCC(C)(C)C1CC[C@@]12O[C@@H]1C[C@H](C1=CC(OC(C)=O)OC1OC(C)=O)OC2=O. The van der Waals surface area contributed by atoms with Gasteiger partial charge >= 0.3 is 17.9 Å². The van der Waals surface area contributed by atoms with Crippen LogP contribution in [0.15, 0.2) is 23.8 Å². The van der Waals surface area contributed by atoms with Gasteiger partial charge < -0.3 is 18.9 Å². The van der Waals surface area contributed by atoms with Gasteiger partial charge in [0.05, 0.1) is 0 Å². The first-order valence-corrected chi connectivity index (χ1v) is 11.3. The van der Waals surface area contributed by atoms with E-state index in [1.165, 1.54) is 25.5 Å². The van der Waals surface area contributed by atoms with E-state index in [0.29, 0.717) is 24.3 Å². The number of ether oxygens (including phenoxy) is 5. The first-order chi connectivity index (χ1) is 15.0. The van der Waals surface area contributed by atoms with Gasteiger partial charge in [-0.3, -0.25) is 14.3 Å². The van der Waals surface area contributed by atoms with E-state index in [1.54, 1.807) is 0 Å². The summed E-state index contributed by atoms with van der Waals surface area (Å²) in [4.78, 5) is 35.8. The van der Waals surface area contributed by atoms with Crippen LogP contribution in [-0.2, 0) is 38.1 Å². The van der Waals surface area contributed by atoms with E-state index in [0.717, 1.165) is 25.7 Å². The fourth-order valence-corrected chi connectivity index (χ4v) is 5.47. The third-order valence-corrected chi connectivity index (χ3v) is 7.18. The number of cyclic esters (lactones) is 1. The van der Waals surface area contributed by atoms with Crippen molar-refractivity contribution in [3.8, 4) is 0 Å². The molecule has 0 aromatic heterocycles. The van der Waals surface area contributed by atoms with Crippen molar-refractivity contribution in [1.82, 2.24) is 0 Å². The Labute approximate surface area is 188 Å². The lowest BCUT2D eigenvalue weighted by molar-refractivity contribution is -0.204. The van der Waals surface area contributed by atoms with Crippen molar-refractivity contribution >= 4 is 17.9 Å². The Kier molecular flexibility index (Phi) is 5.96. The minimum absolute atomic E-state index is 0.159. The molecule has 0 N–H and O–H groups in total. The average Bonchev–Trinajstić information content (AvgIpc) is 3.26. The Morgan fingerprint density at radius 1 is 1.22 bits per heavy atom. The molecule has 1 aliphatic carbocycles. The Morgan fingerprint density at radius 2 is 1.94 bits per heavy atom. The minimum Gasteiger partial charge on any atom is -0.455 e. The molecule has 0 spiro atoms. The van der Waals surface area contributed by atoms with Crippen LogP contribution in [0.25, 0.3) is 0 Å². The summed E-state index contributed by atoms with van der Waals surface area (Å²) < 4.78 is 27.4. The molecule has 2 saturated heterocycles. The second kappa shape index (κ2) is 8.30. The van der Waals surface area contributed by atoms with E-state index in [9.17, 15) is 14.4 Å². The Morgan fingerprint density at radius 3 is 2.56 bits per heavy atom. The van der Waals surface area contributed by atoms with Crippen LogP contribution in [0.1, 0.15) is 66.2 Å². The molecule has 8 nitrogen and oxygen atoms in total. The summed E-state index contributed by atoms with van der Waals surface area (Å²) in [6.45, 7) is 11.3. The highest BCUT2D eigenvalue weighted by atomic mass is 16.8. The maximum absolute atomic E-state index is 13.0. The van der Waals surface area contributed by atoms with E-state index in [2.05, 4.69) is 20.4 Å². The molecular formula is C24H32O8. The molecule has 0 amide bonds. The predicted molar refractivity (Wildman–Crippen MR) is 112 cm³/mol. The summed E-state index contributed by atoms with van der Waals surface area (Å²) >= 11 is 0. The molecule has 3 heterocycles. The molecule has 176 valence electrons. The molecule has 0 aromatic rings. The first kappa shape index (κ1) is 23.0. The molecule has 6 atom stereocenters. The fraction of sp³-hybridized carbons (Fsp3) is 0.708. The molecule has 0 bridgehead atoms. The lowest BCUT2D eigenvalue weighted by Crippen LogP contribution is -2.42. The topological polar surface area (TPSA) is 101 Å². The van der Waals surface area contributed by atoms with Crippen molar-refractivity contribution < 1.29 is 38.1 Å². The summed E-state index contributed by atoms with van der Waals surface area (Å²) in [6, 6.07) is 0. The molecule has 1 saturated carbocycles. The molecule has 4 rings (SSSR count). The third kappa shape index (κ3) is 4.35. The number of hydrogen-bond donors (Lipinski definition) is 0. The Balaban J connectivity index is 1.42. The van der Waals surface area contributed by atoms with Gasteiger partial charge in [0.25, 0.3) is 0 Å². The van der Waals surface area contributed by atoms with Crippen LogP contribution in [-0.4, -0.2) is 48.3 Å². The van der Waals surface area contributed by atoms with Crippen molar-refractivity contribution in [3.63, 3.8) is 0 Å². The summed E-state index contributed by atoms with van der Waals surface area (Å²) in [5, 5.41) is 0. The maximum atomic E-state index is 13.0. The number of hydrogen-bond acceptors (Lipinski definition) is 8. The van der Waals surface area contributed by atoms with Crippen molar-refractivity contribution in [2.24, 2.45) is 11.3 Å². The molecular weight excluding hydrogens is 416 g/mol. The van der Waals surface area contributed by atoms with Crippen LogP contribution in [0.2, 0.25) is 0 Å². The number of esters is 3. The van der Waals surface area contributed by atoms with Gasteiger partial charge in [0.1, 0.15) is 12.2 Å². The van der Waals surface area contributed by atoms with Crippen LogP contribution in [0.4, 0.5) is 0 Å². The van der Waals surface area contributed by atoms with E-state index >= 15 is 0 Å². The van der Waals surface area contributed by atoms with Crippen molar-refractivity contribution in [3.05, 3.63) is 23.8 Å². The predicted octanol–water partition coefficient (Wildman–Crippen LogP) is 3.34. The van der Waals surface area contributed by atoms with Gasteiger partial charge in [0, 0.05) is 25.8 Å². The lowest BCUT2D eigenvalue weighted by atomic mass is 9.64. The first-order valence-electron chi connectivity index (χ1n) is 11.3. The Bertz CT molecular complexity index is 858. The molecule has 4 aliphatic rings. The molecule has 3 unspecified atom stereocenters. The maximum Gasteiger partial charge on any atom is 0.341 e. The van der Waals surface area contributed by atoms with Gasteiger partial charge in [-0.1, -0.05) is 26.0 Å². The highest BCUT2D eigenvalue weighted by molar-refractivity contribution is 5.85. The number of fused-ring (bicyclic) bond motifs is 1. The van der Waals surface area contributed by atoms with E-state index in [1.807, 2.05) is 0 Å². The monoisotopic (exact) mass is 448 g/mol. The average molecular weight is 449 g/mol. The number of rotatable bonds is 6. The lowest BCUT2D eigenvalue weighted by Gasteiger charge is -2.41. The van der Waals surface area contributed by atoms with Crippen LogP contribution >= 0.6 is 0 Å². The van der Waals surface area contributed by atoms with Gasteiger partial charge in [0.2, 0.25) is 12.6 Å². The summed E-state index contributed by atoms with van der Waals surface area (Å²) in [7, 11) is 0. The molecule has 3 fully saturated rings. The largest absolute Gasteiger partial charge is 0.455 e. The van der Waals surface area contributed by atoms with Crippen molar-refractivity contribution in [2.45, 2.75) is 96.6 Å². The summed E-state index contributed by atoms with van der Waals surface area (Å²) in [5.41, 5.74) is 0.958. The van der Waals surface area contributed by atoms with Crippen LogP contribution < -0.4 is 0 Å². The second-order valence-corrected chi connectivity index (χ2v) is 9.94. The fourth-order valence-electron chi connectivity index (χ4n) is 5.47. The highest BCUT2D eigenvalue weighted by Gasteiger charge is 2.67. The zero-order valence-electron chi connectivity index (χ0n) is 19.2. The van der Waals surface area contributed by atoms with Gasteiger partial charge in [-0.05, 0) is 49.5 Å². The number of allylic oxidation sites excluding steroid dienone is 1. The molecule has 3 aliphatic heterocycles. The zero-order valence-corrected chi connectivity index (χ0v) is 19.2. The van der Waals surface area contributed by atoms with Crippen molar-refractivity contribution in [1.29, 1.82) is 0 Å². The van der Waals surface area contributed by atoms with Crippen molar-refractivity contribution in [2.75, 3.05) is 0 Å². The minimum atomic E-state index is -1.08. The summed E-state index contributed by atoms with van der Waals surface area (Å²) in [6.07, 6.45) is 3.71. The standard InChI is InChI=1S/C24H32O8/c1-13-7-6-9-23(4,5)17(13)8-10-24-19(32-24)12-18(30-22(24)27)16-11-20(28-14(2)25)31-21(16)29-15(3)26/h11,17-21H,1,6-10,12H2,2-5H3/t17?,18-,19-,20?,21?,24-/m1/s1. The molecule has 0 radical (unpaired) electrons. The highest BCUT2D eigenvalue weighted by Crippen LogP contribution is 2.53.